The minimum Gasteiger partial charge on any atom is -0.486 e. The molecule has 25 nitrogen and oxygen atoms in total. The number of carbonyl (C=O) groups excluding carboxylic acids is 6. The molecular formula is C75H77F3N12O13. The number of benzene rings is 6. The molecule has 9 aromatic rings. The molecule has 103 heavy (non-hydrogen) atoms. The Morgan fingerprint density at radius 3 is 1.14 bits per heavy atom. The van der Waals surface area contributed by atoms with Crippen molar-refractivity contribution in [3.05, 3.63) is 196 Å². The number of aromatic nitrogens is 3. The minimum absolute atomic E-state index is 0.0641. The van der Waals surface area contributed by atoms with Gasteiger partial charge < -0.3 is 51.3 Å². The summed E-state index contributed by atoms with van der Waals surface area (Å²) in [6.07, 6.45) is 3.19. The molecule has 14 rings (SSSR count). The number of nitrogens with zero attached hydrogens (tertiary/aromatic N) is 5. The second-order valence-corrected chi connectivity index (χ2v) is 26.5. The van der Waals surface area contributed by atoms with Crippen molar-refractivity contribution in [3.63, 3.8) is 0 Å². The highest BCUT2D eigenvalue weighted by Gasteiger charge is 2.64. The van der Waals surface area contributed by atoms with Crippen LogP contribution in [0, 0.1) is 51.5 Å². The Balaban J connectivity index is 0.000000146. The third kappa shape index (κ3) is 15.5. The zero-order valence-corrected chi connectivity index (χ0v) is 56.1. The van der Waals surface area contributed by atoms with Gasteiger partial charge in [-0.1, -0.05) is 72.8 Å². The van der Waals surface area contributed by atoms with Crippen molar-refractivity contribution in [3.8, 4) is 17.2 Å². The van der Waals surface area contributed by atoms with Crippen molar-refractivity contribution in [2.24, 2.45) is 51.2 Å². The third-order valence-corrected chi connectivity index (χ3v) is 20.1. The van der Waals surface area contributed by atoms with Crippen LogP contribution in [0.5, 0.6) is 17.2 Å². The van der Waals surface area contributed by atoms with Gasteiger partial charge in [0.1, 0.15) is 37.3 Å². The molecule has 2 aliphatic heterocycles. The molecule has 6 atom stereocenters. The van der Waals surface area contributed by atoms with Gasteiger partial charge >= 0.3 is 0 Å². The van der Waals surface area contributed by atoms with Crippen LogP contribution in [0.3, 0.4) is 0 Å². The minimum atomic E-state index is -1.13. The van der Waals surface area contributed by atoms with Crippen LogP contribution < -0.4 is 63.0 Å². The molecule has 0 radical (unpaired) electrons. The van der Waals surface area contributed by atoms with Gasteiger partial charge in [-0.3, -0.25) is 44.4 Å². The monoisotopic (exact) mass is 1410 g/mol. The first-order chi connectivity index (χ1) is 49.7. The molecule has 536 valence electrons. The van der Waals surface area contributed by atoms with E-state index < -0.39 is 86.9 Å². The van der Waals surface area contributed by atoms with Crippen LogP contribution in [0.4, 0.5) is 30.6 Å². The van der Waals surface area contributed by atoms with Crippen LogP contribution in [-0.2, 0) is 72.6 Å². The molecule has 0 unspecified atom stereocenters. The fourth-order valence-corrected chi connectivity index (χ4v) is 14.0. The number of amides is 6. The highest BCUT2D eigenvalue weighted by molar-refractivity contribution is 5.97. The molecule has 5 fully saturated rings. The molecule has 6 amide bonds. The molecule has 0 spiro atoms. The van der Waals surface area contributed by atoms with Crippen LogP contribution in [0.15, 0.2) is 146 Å². The summed E-state index contributed by atoms with van der Waals surface area (Å²) >= 11 is 0. The van der Waals surface area contributed by atoms with E-state index in [-0.39, 0.29) is 75.6 Å². The average Bonchev–Trinajstić information content (AvgIpc) is 1.59. The van der Waals surface area contributed by atoms with E-state index in [2.05, 4.69) is 20.1 Å². The van der Waals surface area contributed by atoms with Gasteiger partial charge in [-0.2, -0.15) is 0 Å². The molecule has 13 N–H and O–H groups in total. The maximum absolute atomic E-state index is 15.0. The topological polar surface area (TPSA) is 371 Å². The number of nitrogens with one attached hydrogen (secondary N) is 4. The van der Waals surface area contributed by atoms with Crippen LogP contribution >= 0.6 is 0 Å². The van der Waals surface area contributed by atoms with E-state index in [0.717, 1.165) is 100 Å². The zero-order chi connectivity index (χ0) is 72.7. The second-order valence-electron chi connectivity index (χ2n) is 26.5. The van der Waals surface area contributed by atoms with Gasteiger partial charge in [0.25, 0.3) is 0 Å². The summed E-state index contributed by atoms with van der Waals surface area (Å²) in [5.41, 5.74) is 24.5. The first-order valence-electron chi connectivity index (χ1n) is 33.6. The number of ether oxygens (including phenoxy) is 4. The Hall–Kier alpha value is -11.2. The lowest BCUT2D eigenvalue weighted by molar-refractivity contribution is -0.134. The maximum atomic E-state index is 15.0. The fourth-order valence-electron chi connectivity index (χ4n) is 14.0. The normalized spacial score (nSPS) is 20.7. The smallest absolute Gasteiger partial charge is 0.247 e. The SMILES string of the molecule is CNc1cc(COc2ccc(C[C@]3(C(N)=O)C[C@@H]3C(=O)NO)cc2F)c2ccccc2n1.NC(=O)[C@@]1(Cc2ccc(OCc3cc(N4CCCC4)nc4ccccc34)c(F)c2)C[C@@H]1C(=O)NO.NC(=O)[C@@]1(Cc2ccc(OCc3cc(N4CCOCC4)nc4ccccc34)c(F)c2)C[C@@H]1C(=O)NO. The van der Waals surface area contributed by atoms with Crippen LogP contribution in [0.1, 0.15) is 65.5 Å². The highest BCUT2D eigenvalue weighted by atomic mass is 19.1. The Bertz CT molecular complexity index is 4740. The maximum Gasteiger partial charge on any atom is 0.247 e. The number of primary amides is 3. The lowest BCUT2D eigenvalue weighted by atomic mass is 9.92. The molecule has 3 aliphatic carbocycles. The summed E-state index contributed by atoms with van der Waals surface area (Å²) < 4.78 is 67.5. The number of morpholine rings is 1. The number of halogens is 3. The van der Waals surface area contributed by atoms with Gasteiger partial charge in [0.15, 0.2) is 34.7 Å². The van der Waals surface area contributed by atoms with Crippen molar-refractivity contribution in [1.29, 1.82) is 0 Å². The summed E-state index contributed by atoms with van der Waals surface area (Å²) in [4.78, 5) is 89.6. The molecule has 2 saturated heterocycles. The quantitative estimate of drug-likeness (QED) is 0.0202. The van der Waals surface area contributed by atoms with Crippen molar-refractivity contribution >= 4 is 85.6 Å². The van der Waals surface area contributed by atoms with Gasteiger partial charge in [0, 0.05) is 66.1 Å². The Kier molecular flexibility index (Phi) is 21.2. The predicted molar refractivity (Wildman–Crippen MR) is 372 cm³/mol. The Morgan fingerprint density at radius 1 is 0.476 bits per heavy atom. The Morgan fingerprint density at radius 2 is 0.806 bits per heavy atom. The zero-order valence-electron chi connectivity index (χ0n) is 56.1. The number of carbonyl (C=O) groups is 6. The first kappa shape index (κ1) is 71.6. The number of rotatable bonds is 24. The number of hydrogen-bond acceptors (Lipinski definition) is 19. The predicted octanol–water partition coefficient (Wildman–Crippen LogP) is 7.96. The van der Waals surface area contributed by atoms with E-state index >= 15 is 0 Å². The summed E-state index contributed by atoms with van der Waals surface area (Å²) in [5.74, 6) is -5.26. The van der Waals surface area contributed by atoms with Gasteiger partial charge in [-0.05, 0) is 141 Å². The summed E-state index contributed by atoms with van der Waals surface area (Å²) in [5, 5.41) is 32.4. The summed E-state index contributed by atoms with van der Waals surface area (Å²) in [6, 6.07) is 42.4. The third-order valence-electron chi connectivity index (χ3n) is 20.1. The first-order valence-corrected chi connectivity index (χ1v) is 33.6. The van der Waals surface area contributed by atoms with Crippen molar-refractivity contribution in [2.45, 2.75) is 71.2 Å². The molecule has 5 aliphatic rings. The van der Waals surface area contributed by atoms with Crippen molar-refractivity contribution < 1.29 is 76.5 Å². The molecule has 28 heteroatoms. The largest absolute Gasteiger partial charge is 0.486 e. The fraction of sp³-hybridized carbons (Fsp3) is 0.320. The molecule has 6 aromatic carbocycles. The van der Waals surface area contributed by atoms with E-state index in [9.17, 15) is 41.9 Å². The molecule has 3 saturated carbocycles. The number of hydroxylamine groups is 3. The number of nitrogens with two attached hydrogens (primary N) is 3. The lowest BCUT2D eigenvalue weighted by Crippen LogP contribution is -2.36. The van der Waals surface area contributed by atoms with E-state index in [4.69, 9.17) is 61.7 Å². The standard InChI is InChI=1S/C26H27FN4O5.C26H27FN4O4.C23H23FN4O4/c27-20-11-16(13-26(25(28)33)14-19(26)24(32)30-34)5-6-22(20)36-15-17-12-23(31-7-9-35-10-8-31)29-21-4-2-1-3-18(17)21;27-20-11-16(13-26(25(28)33)14-19(26)24(32)30-34)7-8-22(20)35-15-17-12-23(31-9-3-4-10-31)29-21-6-2-1-5-18(17)21;1-26-20-9-14(15-4-2-3-5-18(15)27-20)12-32-19-7-6-13(8-17(19)24)10-23(22(25)30)11-16(23)21(29)28-31/h1-6,11-12,19,34H,7-10,13-15H2,(H2,28,33)(H,30,32);1-2,5-8,11-12,19,34H,3-4,9-10,13-15H2,(H2,28,33)(H,30,32);2-9,16,31H,10-12H2,1H3,(H2,25,30)(H,26,27)(H,28,29)/t2*19-,26+;16-,23+/m111/s1. The lowest BCUT2D eigenvalue weighted by Gasteiger charge is -2.28. The number of pyridine rings is 3. The van der Waals surface area contributed by atoms with Gasteiger partial charge in [0.05, 0.1) is 63.8 Å². The molecule has 3 aromatic heterocycles. The van der Waals surface area contributed by atoms with Crippen LogP contribution in [0.2, 0.25) is 0 Å². The molecular weight excluding hydrogens is 1330 g/mol. The van der Waals surface area contributed by atoms with E-state index in [0.29, 0.717) is 35.7 Å². The van der Waals surface area contributed by atoms with Gasteiger partial charge in [-0.25, -0.2) is 44.6 Å². The second kappa shape index (κ2) is 30.6. The Labute approximate surface area is 588 Å². The van der Waals surface area contributed by atoms with E-state index in [1.165, 1.54) is 36.4 Å². The number of hydrogen-bond donors (Lipinski definition) is 10. The van der Waals surface area contributed by atoms with Crippen molar-refractivity contribution in [2.75, 3.05) is 61.6 Å². The molecule has 5 heterocycles. The van der Waals surface area contributed by atoms with Crippen molar-refractivity contribution in [1.82, 2.24) is 31.4 Å². The number of fused-ring (bicyclic) bond motifs is 3. The van der Waals surface area contributed by atoms with E-state index in [1.807, 2.05) is 91.0 Å². The number of anilines is 3. The average molecular weight is 1410 g/mol. The van der Waals surface area contributed by atoms with Gasteiger partial charge in [-0.15, -0.1) is 0 Å². The van der Waals surface area contributed by atoms with E-state index in [1.54, 1.807) is 41.7 Å². The number of para-hydroxylation sites is 3. The van der Waals surface area contributed by atoms with Crippen LogP contribution in [0.25, 0.3) is 32.7 Å². The molecule has 0 bridgehead atoms. The summed E-state index contributed by atoms with van der Waals surface area (Å²) in [6.45, 7) is 5.15. The van der Waals surface area contributed by atoms with Gasteiger partial charge in [0.2, 0.25) is 35.4 Å². The highest BCUT2D eigenvalue weighted by Crippen LogP contribution is 2.57. The summed E-state index contributed by atoms with van der Waals surface area (Å²) in [7, 11) is 1.77. The van der Waals surface area contributed by atoms with Crippen LogP contribution in [-0.4, -0.2) is 112 Å².